The topological polar surface area (TPSA) is 299 Å². The number of thioether (sulfide) groups is 2. The molecule has 16 nitrogen and oxygen atoms in total. The van der Waals surface area contributed by atoms with E-state index in [2.05, 4.69) is 9.98 Å². The largest absolute Gasteiger partial charge is 0.759 e. The summed E-state index contributed by atoms with van der Waals surface area (Å²) in [5, 5.41) is 21.9. The fourth-order valence-corrected chi connectivity index (χ4v) is 3.08. The summed E-state index contributed by atoms with van der Waals surface area (Å²) in [6, 6.07) is 12.1. The Morgan fingerprint density at radius 2 is 1.00 bits per heavy atom. The molecule has 0 aliphatic carbocycles. The summed E-state index contributed by atoms with van der Waals surface area (Å²) in [4.78, 5) is 25.8. The van der Waals surface area contributed by atoms with Gasteiger partial charge in [0.25, 0.3) is 11.4 Å². The van der Waals surface area contributed by atoms with Crippen molar-refractivity contribution in [3.63, 3.8) is 0 Å². The number of nitrogens with two attached hydrogens (primary N) is 4. The van der Waals surface area contributed by atoms with Crippen LogP contribution in [0.15, 0.2) is 48.5 Å². The molecule has 0 aromatic heterocycles. The molecule has 0 amide bonds. The molecule has 0 saturated heterocycles. The van der Waals surface area contributed by atoms with E-state index in [1.165, 1.54) is 47.8 Å². The fourth-order valence-electron chi connectivity index (χ4n) is 2.03. The van der Waals surface area contributed by atoms with Gasteiger partial charge in [-0.05, 0) is 47.8 Å². The van der Waals surface area contributed by atoms with Gasteiger partial charge in [0.15, 0.2) is 0 Å². The predicted octanol–water partition coefficient (Wildman–Crippen LogP) is -2.71. The summed E-state index contributed by atoms with van der Waals surface area (Å²) >= 11 is 2.81. The molecule has 0 spiro atoms. The van der Waals surface area contributed by atoms with E-state index >= 15 is 0 Å². The zero-order valence-electron chi connectivity index (χ0n) is 19.1. The van der Waals surface area contributed by atoms with Gasteiger partial charge in [-0.25, -0.2) is 9.98 Å². The van der Waals surface area contributed by atoms with E-state index in [4.69, 9.17) is 40.5 Å². The van der Waals surface area contributed by atoms with Crippen LogP contribution in [0.3, 0.4) is 0 Å². The van der Waals surface area contributed by atoms with Gasteiger partial charge in [-0.15, -0.1) is 0 Å². The SMILES string of the molecule is NCCSC(N)=[NH+]c1ccc([N+](=O)[O-])cc1.NCCSC(N)=[NH+]c1ccc([N+](=O)[O-])cc1.O=S(=O)([O-])[O-]. The number of rotatable bonds is 8. The lowest BCUT2D eigenvalue weighted by atomic mass is 10.3. The first-order chi connectivity index (χ1) is 17.3. The maximum atomic E-state index is 10.4. The first kappa shape index (κ1) is 33.7. The maximum Gasteiger partial charge on any atom is 0.307 e. The van der Waals surface area contributed by atoms with Crippen molar-refractivity contribution in [2.45, 2.75) is 0 Å². The highest BCUT2D eigenvalue weighted by atomic mass is 32.3. The number of amidine groups is 2. The summed E-state index contributed by atoms with van der Waals surface area (Å²) in [5.41, 5.74) is 23.5. The average molecular weight is 579 g/mol. The molecule has 0 aliphatic rings. The molecule has 0 radical (unpaired) electrons. The van der Waals surface area contributed by atoms with E-state index in [0.29, 0.717) is 34.8 Å². The van der Waals surface area contributed by atoms with Gasteiger partial charge in [0.2, 0.25) is 0 Å². The monoisotopic (exact) mass is 578 g/mol. The Balaban J connectivity index is 0.000000594. The van der Waals surface area contributed by atoms with Crippen LogP contribution in [0.5, 0.6) is 0 Å². The maximum absolute atomic E-state index is 10.4. The first-order valence-electron chi connectivity index (χ1n) is 9.87. The predicted molar refractivity (Wildman–Crippen MR) is 139 cm³/mol. The molecule has 2 aromatic rings. The second kappa shape index (κ2) is 18.0. The fraction of sp³-hybridized carbons (Fsp3) is 0.222. The van der Waals surface area contributed by atoms with Crippen molar-refractivity contribution >= 4 is 67.0 Å². The van der Waals surface area contributed by atoms with Gasteiger partial charge in [0, 0.05) is 59.3 Å². The Morgan fingerprint density at radius 1 is 0.730 bits per heavy atom. The van der Waals surface area contributed by atoms with Gasteiger partial charge in [0.05, 0.1) is 9.85 Å². The Kier molecular flexibility index (Phi) is 16.4. The zero-order valence-corrected chi connectivity index (χ0v) is 21.6. The molecular weight excluding hydrogens is 552 g/mol. The molecular formula is C18H26N8O8S3. The number of nitro groups is 2. The summed E-state index contributed by atoms with van der Waals surface area (Å²) in [7, 11) is -5.17. The average Bonchev–Trinajstić information content (AvgIpc) is 2.81. The molecule has 0 saturated carbocycles. The molecule has 19 heteroatoms. The second-order valence-electron chi connectivity index (χ2n) is 6.27. The lowest BCUT2D eigenvalue weighted by Gasteiger charge is -2.06. The molecule has 0 atom stereocenters. The van der Waals surface area contributed by atoms with Crippen molar-refractivity contribution in [2.75, 3.05) is 24.6 Å². The summed E-state index contributed by atoms with van der Waals surface area (Å²) in [5.74, 6) is 1.46. The van der Waals surface area contributed by atoms with E-state index < -0.39 is 20.2 Å². The normalized spacial score (nSPS) is 11.5. The van der Waals surface area contributed by atoms with Crippen molar-refractivity contribution in [1.82, 2.24) is 0 Å². The highest BCUT2D eigenvalue weighted by Gasteiger charge is 2.06. The lowest BCUT2D eigenvalue weighted by Crippen LogP contribution is -2.68. The zero-order chi connectivity index (χ0) is 28.4. The molecule has 0 aliphatic heterocycles. The smallest absolute Gasteiger partial charge is 0.307 e. The standard InChI is InChI=1S/2C9H12N4O2S.H2O4S/c2*10-5-6-16-9(11)12-7-1-3-8(4-2-7)13(14)15;1-5(2,3)4/h2*1-4H,5-6,10H2,(H2,11,12);(H2,1,2,3,4). The van der Waals surface area contributed by atoms with Crippen molar-refractivity contribution < 1.29 is 37.4 Å². The molecule has 0 unspecified atom stereocenters. The number of non-ortho nitro benzene ring substituents is 2. The second-order valence-corrected chi connectivity index (χ2v) is 9.36. The highest BCUT2D eigenvalue weighted by molar-refractivity contribution is 8.13. The molecule has 0 fully saturated rings. The Morgan fingerprint density at radius 3 is 1.22 bits per heavy atom. The molecule has 2 aromatic carbocycles. The molecule has 37 heavy (non-hydrogen) atoms. The molecule has 0 bridgehead atoms. The van der Waals surface area contributed by atoms with Crippen LogP contribution in [-0.2, 0) is 10.4 Å². The summed E-state index contributed by atoms with van der Waals surface area (Å²) in [6.07, 6.45) is 0. The Labute approximate surface area is 220 Å². The number of nitro benzene ring substituents is 2. The third kappa shape index (κ3) is 18.6. The minimum atomic E-state index is -5.17. The van der Waals surface area contributed by atoms with Crippen molar-refractivity contribution in [3.05, 3.63) is 68.8 Å². The van der Waals surface area contributed by atoms with E-state index in [0.717, 1.165) is 11.5 Å². The molecule has 2 rings (SSSR count). The van der Waals surface area contributed by atoms with Crippen molar-refractivity contribution in [2.24, 2.45) is 22.9 Å². The third-order valence-corrected chi connectivity index (χ3v) is 5.15. The number of nitrogens with one attached hydrogen (secondary N) is 2. The third-order valence-electron chi connectivity index (χ3n) is 3.44. The Hall–Kier alpha value is -3.33. The summed E-state index contributed by atoms with van der Waals surface area (Å²) < 4.78 is 34.1. The number of benzene rings is 2. The lowest BCUT2D eigenvalue weighted by molar-refractivity contribution is -0.385. The molecule has 204 valence electrons. The minimum absolute atomic E-state index is 0.0544. The van der Waals surface area contributed by atoms with E-state index in [-0.39, 0.29) is 11.4 Å². The van der Waals surface area contributed by atoms with Crippen LogP contribution in [-0.4, -0.2) is 62.3 Å². The quantitative estimate of drug-likeness (QED) is 0.0463. The van der Waals surface area contributed by atoms with Gasteiger partial charge in [-0.1, -0.05) is 0 Å². The summed E-state index contributed by atoms with van der Waals surface area (Å²) in [6.45, 7) is 1.10. The van der Waals surface area contributed by atoms with Crippen LogP contribution < -0.4 is 32.9 Å². The van der Waals surface area contributed by atoms with E-state index in [9.17, 15) is 20.2 Å². The van der Waals surface area contributed by atoms with Crippen LogP contribution in [0.2, 0.25) is 0 Å². The number of hydrogen-bond acceptors (Lipinski definition) is 12. The first-order valence-corrected chi connectivity index (χ1v) is 13.2. The Bertz CT molecular complexity index is 1080. The van der Waals surface area contributed by atoms with Crippen molar-refractivity contribution in [3.8, 4) is 0 Å². The van der Waals surface area contributed by atoms with Gasteiger partial charge in [-0.3, -0.25) is 40.1 Å². The van der Waals surface area contributed by atoms with Gasteiger partial charge in [-0.2, -0.15) is 0 Å². The molecule has 0 heterocycles. The van der Waals surface area contributed by atoms with E-state index in [1.54, 1.807) is 24.3 Å². The highest BCUT2D eigenvalue weighted by Crippen LogP contribution is 2.12. The van der Waals surface area contributed by atoms with Gasteiger partial charge in [0.1, 0.15) is 11.4 Å². The van der Waals surface area contributed by atoms with Crippen LogP contribution >= 0.6 is 23.5 Å². The van der Waals surface area contributed by atoms with Crippen LogP contribution in [0, 0.1) is 20.2 Å². The van der Waals surface area contributed by atoms with Crippen LogP contribution in [0.1, 0.15) is 0 Å². The van der Waals surface area contributed by atoms with Gasteiger partial charge >= 0.3 is 10.3 Å². The van der Waals surface area contributed by atoms with E-state index in [1.807, 2.05) is 0 Å². The van der Waals surface area contributed by atoms with Crippen molar-refractivity contribution in [1.29, 1.82) is 0 Å². The molecule has 10 N–H and O–H groups in total. The minimum Gasteiger partial charge on any atom is -0.759 e. The van der Waals surface area contributed by atoms with Gasteiger partial charge < -0.3 is 20.6 Å². The number of hydrogen-bond donors (Lipinski definition) is 6. The van der Waals surface area contributed by atoms with Crippen LogP contribution in [0.4, 0.5) is 22.7 Å². The van der Waals surface area contributed by atoms with Crippen LogP contribution in [0.25, 0.3) is 0 Å². The number of nitrogens with zero attached hydrogens (tertiary/aromatic N) is 2.